The highest BCUT2D eigenvalue weighted by Crippen LogP contribution is 2.44. The first-order chi connectivity index (χ1) is 18.0. The molecule has 12 heteroatoms. The van der Waals surface area contributed by atoms with Gasteiger partial charge in [0.15, 0.2) is 5.65 Å². The molecule has 2 aromatic heterocycles. The predicted molar refractivity (Wildman–Crippen MR) is 141 cm³/mol. The third-order valence-electron chi connectivity index (χ3n) is 7.21. The van der Waals surface area contributed by atoms with Crippen LogP contribution in [-0.4, -0.2) is 69.1 Å². The Morgan fingerprint density at radius 2 is 2.14 bits per heavy atom. The lowest BCUT2D eigenvalue weighted by Gasteiger charge is -2.23. The Morgan fingerprint density at radius 3 is 2.89 bits per heavy atom. The fourth-order valence-corrected chi connectivity index (χ4v) is 6.19. The molecule has 4 amide bonds. The van der Waals surface area contributed by atoms with E-state index in [4.69, 9.17) is 4.98 Å². The maximum Gasteiger partial charge on any atom is 0.326 e. The number of hydrogen-bond donors (Lipinski definition) is 4. The monoisotopic (exact) mass is 522 g/mol. The molecule has 3 aliphatic heterocycles. The molecule has 1 aliphatic carbocycles. The standard InChI is InChI=1S/C25H30N8O3S/c1-2-32-9-3-4-16(32)13-26-24(35)20-8-7-19(37-20)17-11-21(28-15-5-6-15)33-22(29-17)14(12-27-33)10-18-23(34)31-25(36)30-18/h8,10-12,15-16,19,28H,2-7,9,13H2,1H3,(H,26,35)(H2,30,31,34,36)/b18-10-. The Kier molecular flexibility index (Phi) is 6.37. The molecule has 2 aromatic rings. The number of imide groups is 1. The van der Waals surface area contributed by atoms with Crippen molar-refractivity contribution in [1.29, 1.82) is 0 Å². The molecule has 5 heterocycles. The van der Waals surface area contributed by atoms with Crippen molar-refractivity contribution in [2.45, 2.75) is 56.4 Å². The summed E-state index contributed by atoms with van der Waals surface area (Å²) in [7, 11) is 0. The average Bonchev–Trinajstić information content (AvgIpc) is 3.28. The van der Waals surface area contributed by atoms with E-state index in [1.165, 1.54) is 18.2 Å². The number of hydrogen-bond acceptors (Lipinski definition) is 8. The van der Waals surface area contributed by atoms with E-state index in [2.05, 4.69) is 38.2 Å². The zero-order valence-electron chi connectivity index (χ0n) is 20.6. The van der Waals surface area contributed by atoms with Gasteiger partial charge in [0, 0.05) is 30.3 Å². The van der Waals surface area contributed by atoms with Gasteiger partial charge in [-0.15, -0.1) is 11.8 Å². The van der Waals surface area contributed by atoms with Crippen molar-refractivity contribution in [3.63, 3.8) is 0 Å². The summed E-state index contributed by atoms with van der Waals surface area (Å²) >= 11 is 1.53. The molecule has 3 fully saturated rings. The number of aromatic nitrogens is 3. The topological polar surface area (TPSA) is 133 Å². The number of allylic oxidation sites excluding steroid dienone is 1. The molecule has 2 atom stereocenters. The number of likely N-dealkylation sites (tertiary alicyclic amines) is 1. The van der Waals surface area contributed by atoms with E-state index in [-0.39, 0.29) is 16.9 Å². The number of amides is 4. The molecule has 37 heavy (non-hydrogen) atoms. The first-order valence-electron chi connectivity index (χ1n) is 12.9. The van der Waals surface area contributed by atoms with Crippen LogP contribution in [0.3, 0.4) is 0 Å². The smallest absolute Gasteiger partial charge is 0.326 e. The number of nitrogens with one attached hydrogen (secondary N) is 4. The van der Waals surface area contributed by atoms with Crippen LogP contribution in [0.4, 0.5) is 10.6 Å². The van der Waals surface area contributed by atoms with Crippen LogP contribution in [0.15, 0.2) is 28.9 Å². The minimum atomic E-state index is -0.549. The summed E-state index contributed by atoms with van der Waals surface area (Å²) in [4.78, 5) is 44.5. The highest BCUT2D eigenvalue weighted by atomic mass is 32.2. The van der Waals surface area contributed by atoms with Gasteiger partial charge in [0.2, 0.25) is 0 Å². The van der Waals surface area contributed by atoms with Crippen molar-refractivity contribution in [2.75, 3.05) is 25.0 Å². The highest BCUT2D eigenvalue weighted by molar-refractivity contribution is 8.04. The second kappa shape index (κ2) is 9.82. The normalized spacial score (nSPS) is 25.0. The lowest BCUT2D eigenvalue weighted by atomic mass is 10.2. The van der Waals surface area contributed by atoms with Crippen molar-refractivity contribution >= 4 is 47.1 Å². The van der Waals surface area contributed by atoms with E-state index in [9.17, 15) is 14.4 Å². The molecule has 4 aliphatic rings. The third-order valence-corrected chi connectivity index (χ3v) is 8.54. The predicted octanol–water partition coefficient (Wildman–Crippen LogP) is 2.15. The zero-order chi connectivity index (χ0) is 25.5. The van der Waals surface area contributed by atoms with E-state index < -0.39 is 11.9 Å². The molecule has 6 rings (SSSR count). The first-order valence-corrected chi connectivity index (χ1v) is 13.7. The second-order valence-corrected chi connectivity index (χ2v) is 11.1. The van der Waals surface area contributed by atoms with E-state index >= 15 is 0 Å². The zero-order valence-corrected chi connectivity index (χ0v) is 21.4. The lowest BCUT2D eigenvalue weighted by molar-refractivity contribution is -0.117. The molecule has 11 nitrogen and oxygen atoms in total. The van der Waals surface area contributed by atoms with E-state index in [1.807, 2.05) is 12.1 Å². The molecule has 0 spiro atoms. The van der Waals surface area contributed by atoms with Gasteiger partial charge in [-0.05, 0) is 51.3 Å². The van der Waals surface area contributed by atoms with Gasteiger partial charge < -0.3 is 16.0 Å². The summed E-state index contributed by atoms with van der Waals surface area (Å²) in [5, 5.41) is 15.9. The number of thioether (sulfide) groups is 1. The largest absolute Gasteiger partial charge is 0.367 e. The number of urea groups is 1. The van der Waals surface area contributed by atoms with Crippen LogP contribution in [0.2, 0.25) is 0 Å². The molecular weight excluding hydrogens is 492 g/mol. The Labute approximate surface area is 218 Å². The Morgan fingerprint density at radius 1 is 1.27 bits per heavy atom. The number of carbonyl (C=O) groups excluding carboxylic acids is 3. The number of rotatable bonds is 8. The van der Waals surface area contributed by atoms with Gasteiger partial charge in [0.25, 0.3) is 11.8 Å². The molecule has 0 bridgehead atoms. The number of fused-ring (bicyclic) bond motifs is 1. The fourth-order valence-electron chi connectivity index (χ4n) is 5.07. The molecule has 4 N–H and O–H groups in total. The van der Waals surface area contributed by atoms with Crippen molar-refractivity contribution in [2.24, 2.45) is 0 Å². The fraction of sp³-hybridized carbons (Fsp3) is 0.480. The second-order valence-electron chi connectivity index (χ2n) is 9.83. The van der Waals surface area contributed by atoms with Crippen LogP contribution >= 0.6 is 11.8 Å². The molecule has 2 unspecified atom stereocenters. The summed E-state index contributed by atoms with van der Waals surface area (Å²) in [5.41, 5.74) is 2.21. The van der Waals surface area contributed by atoms with Crippen LogP contribution in [0, 0.1) is 0 Å². The molecule has 2 saturated heterocycles. The maximum atomic E-state index is 12.9. The van der Waals surface area contributed by atoms with Gasteiger partial charge in [0.1, 0.15) is 11.5 Å². The van der Waals surface area contributed by atoms with E-state index in [1.54, 1.807) is 16.8 Å². The summed E-state index contributed by atoms with van der Waals surface area (Å²) in [6.07, 6.45) is 10.4. The highest BCUT2D eigenvalue weighted by Gasteiger charge is 2.30. The molecule has 194 valence electrons. The number of anilines is 1. The maximum absolute atomic E-state index is 12.9. The van der Waals surface area contributed by atoms with Gasteiger partial charge in [-0.25, -0.2) is 9.78 Å². The third kappa shape index (κ3) is 4.95. The van der Waals surface area contributed by atoms with Crippen LogP contribution in [-0.2, 0) is 9.59 Å². The van der Waals surface area contributed by atoms with Crippen LogP contribution in [0.5, 0.6) is 0 Å². The summed E-state index contributed by atoms with van der Waals surface area (Å²) in [6.45, 7) is 4.95. The van der Waals surface area contributed by atoms with Gasteiger partial charge >= 0.3 is 6.03 Å². The Hall–Kier alpha value is -3.38. The first kappa shape index (κ1) is 24.0. The Balaban J connectivity index is 1.21. The molecule has 0 aromatic carbocycles. The van der Waals surface area contributed by atoms with Gasteiger partial charge in [-0.2, -0.15) is 9.61 Å². The van der Waals surface area contributed by atoms with Crippen molar-refractivity contribution in [1.82, 2.24) is 35.4 Å². The molecule has 0 radical (unpaired) electrons. The van der Waals surface area contributed by atoms with Crippen molar-refractivity contribution < 1.29 is 14.4 Å². The number of likely N-dealkylation sites (N-methyl/N-ethyl adjacent to an activating group) is 1. The van der Waals surface area contributed by atoms with Crippen molar-refractivity contribution in [3.8, 4) is 0 Å². The minimum Gasteiger partial charge on any atom is -0.367 e. The number of carbonyl (C=O) groups is 3. The summed E-state index contributed by atoms with van der Waals surface area (Å²) < 4.78 is 1.73. The summed E-state index contributed by atoms with van der Waals surface area (Å²) in [5.74, 6) is 0.319. The minimum absolute atomic E-state index is 0.00555. The van der Waals surface area contributed by atoms with Crippen molar-refractivity contribution in [3.05, 3.63) is 40.2 Å². The van der Waals surface area contributed by atoms with Crippen LogP contribution < -0.4 is 21.3 Å². The van der Waals surface area contributed by atoms with E-state index in [0.29, 0.717) is 36.3 Å². The van der Waals surface area contributed by atoms with E-state index in [0.717, 1.165) is 48.8 Å². The van der Waals surface area contributed by atoms with Gasteiger partial charge in [-0.1, -0.05) is 13.0 Å². The number of nitrogens with zero attached hydrogens (tertiary/aromatic N) is 4. The van der Waals surface area contributed by atoms with Crippen LogP contribution in [0.1, 0.15) is 55.5 Å². The van der Waals surface area contributed by atoms with Gasteiger partial charge in [-0.3, -0.25) is 19.8 Å². The SMILES string of the molecule is CCN1CCCC1CNC(=O)C1=CCC(c2cc(NC3CC3)n3ncc(/C=C4\NC(=O)NC4=O)c3n2)S1. The Bertz CT molecular complexity index is 1330. The molecular formula is C25H30N8O3S. The average molecular weight is 523 g/mol. The van der Waals surface area contributed by atoms with Crippen LogP contribution in [0.25, 0.3) is 11.7 Å². The molecule has 1 saturated carbocycles. The summed E-state index contributed by atoms with van der Waals surface area (Å²) in [6, 6.07) is 2.27. The lowest BCUT2D eigenvalue weighted by Crippen LogP contribution is -2.40. The van der Waals surface area contributed by atoms with Gasteiger partial charge in [0.05, 0.1) is 22.0 Å². The quantitative estimate of drug-likeness (QED) is 0.306.